The summed E-state index contributed by atoms with van der Waals surface area (Å²) in [5.74, 6) is 1.79. The molecule has 0 bridgehead atoms. The SMILES string of the molecule is CC(C)(CCO)[C@@H](OC(=O)Nc1ccc2c(c1)OCO2)c1ccc(OCCO)cc1. The van der Waals surface area contributed by atoms with Gasteiger partial charge in [0.05, 0.1) is 6.61 Å². The molecule has 162 valence electrons. The molecular formula is C22H27NO7. The van der Waals surface area contributed by atoms with Crippen LogP contribution >= 0.6 is 0 Å². The lowest BCUT2D eigenvalue weighted by Crippen LogP contribution is -2.29. The van der Waals surface area contributed by atoms with E-state index < -0.39 is 17.6 Å². The van der Waals surface area contributed by atoms with Crippen LogP contribution in [0.3, 0.4) is 0 Å². The molecule has 1 heterocycles. The van der Waals surface area contributed by atoms with Gasteiger partial charge in [-0.3, -0.25) is 5.32 Å². The molecule has 2 aromatic rings. The van der Waals surface area contributed by atoms with E-state index in [1.807, 2.05) is 26.0 Å². The van der Waals surface area contributed by atoms with E-state index in [4.69, 9.17) is 24.1 Å². The highest BCUT2D eigenvalue weighted by molar-refractivity contribution is 5.85. The van der Waals surface area contributed by atoms with E-state index >= 15 is 0 Å². The van der Waals surface area contributed by atoms with Crippen LogP contribution < -0.4 is 19.5 Å². The van der Waals surface area contributed by atoms with Crippen molar-refractivity contribution in [1.82, 2.24) is 0 Å². The van der Waals surface area contributed by atoms with Gasteiger partial charge in [-0.2, -0.15) is 0 Å². The van der Waals surface area contributed by atoms with Gasteiger partial charge < -0.3 is 29.2 Å². The molecule has 0 spiro atoms. The quantitative estimate of drug-likeness (QED) is 0.573. The summed E-state index contributed by atoms with van der Waals surface area (Å²) >= 11 is 0. The predicted molar refractivity (Wildman–Crippen MR) is 110 cm³/mol. The number of amides is 1. The minimum absolute atomic E-state index is 0.0334. The van der Waals surface area contributed by atoms with Gasteiger partial charge in [0.15, 0.2) is 11.5 Å². The highest BCUT2D eigenvalue weighted by atomic mass is 16.7. The number of carbonyl (C=O) groups excluding carboxylic acids is 1. The van der Waals surface area contributed by atoms with Crippen molar-refractivity contribution < 1.29 is 34.0 Å². The molecule has 0 aromatic heterocycles. The summed E-state index contributed by atoms with van der Waals surface area (Å²) in [6, 6.07) is 12.2. The monoisotopic (exact) mass is 417 g/mol. The third-order valence-electron chi connectivity index (χ3n) is 4.85. The number of nitrogens with one attached hydrogen (secondary N) is 1. The molecule has 8 nitrogen and oxygen atoms in total. The van der Waals surface area contributed by atoms with E-state index in [-0.39, 0.29) is 26.6 Å². The van der Waals surface area contributed by atoms with Crippen LogP contribution in [0.1, 0.15) is 31.9 Å². The second-order valence-corrected chi connectivity index (χ2v) is 7.58. The summed E-state index contributed by atoms with van der Waals surface area (Å²) in [5.41, 5.74) is 0.774. The zero-order valence-electron chi connectivity index (χ0n) is 17.1. The summed E-state index contributed by atoms with van der Waals surface area (Å²) in [6.07, 6.45) is -0.784. The Bertz CT molecular complexity index is 851. The van der Waals surface area contributed by atoms with Gasteiger partial charge in [0.2, 0.25) is 6.79 Å². The smallest absolute Gasteiger partial charge is 0.412 e. The van der Waals surface area contributed by atoms with Crippen molar-refractivity contribution in [2.45, 2.75) is 26.4 Å². The topological polar surface area (TPSA) is 106 Å². The molecule has 0 unspecified atom stereocenters. The van der Waals surface area contributed by atoms with Gasteiger partial charge >= 0.3 is 6.09 Å². The van der Waals surface area contributed by atoms with E-state index in [9.17, 15) is 9.90 Å². The van der Waals surface area contributed by atoms with Crippen molar-refractivity contribution in [2.24, 2.45) is 5.41 Å². The van der Waals surface area contributed by atoms with Crippen LogP contribution in [0.5, 0.6) is 17.2 Å². The summed E-state index contributed by atoms with van der Waals surface area (Å²) in [5, 5.41) is 21.1. The molecule has 0 saturated carbocycles. The number of aliphatic hydroxyl groups is 2. The molecule has 1 aliphatic rings. The minimum atomic E-state index is -0.620. The lowest BCUT2D eigenvalue weighted by molar-refractivity contribution is 0.0152. The summed E-state index contributed by atoms with van der Waals surface area (Å²) < 4.78 is 21.8. The fourth-order valence-corrected chi connectivity index (χ4v) is 3.23. The number of carbonyl (C=O) groups is 1. The maximum atomic E-state index is 12.6. The molecule has 8 heteroatoms. The zero-order chi connectivity index (χ0) is 21.6. The molecule has 0 aliphatic carbocycles. The van der Waals surface area contributed by atoms with Gasteiger partial charge in [0, 0.05) is 23.8 Å². The number of aliphatic hydroxyl groups excluding tert-OH is 2. The Morgan fingerprint density at radius 2 is 1.83 bits per heavy atom. The van der Waals surface area contributed by atoms with E-state index in [2.05, 4.69) is 5.32 Å². The van der Waals surface area contributed by atoms with Crippen molar-refractivity contribution in [3.8, 4) is 17.2 Å². The Balaban J connectivity index is 1.74. The van der Waals surface area contributed by atoms with Gasteiger partial charge in [-0.1, -0.05) is 26.0 Å². The fourth-order valence-electron chi connectivity index (χ4n) is 3.23. The highest BCUT2D eigenvalue weighted by Gasteiger charge is 2.34. The van der Waals surface area contributed by atoms with Crippen molar-refractivity contribution in [3.63, 3.8) is 0 Å². The second-order valence-electron chi connectivity index (χ2n) is 7.58. The number of hydrogen-bond acceptors (Lipinski definition) is 7. The van der Waals surface area contributed by atoms with Crippen LogP contribution in [0.2, 0.25) is 0 Å². The number of benzene rings is 2. The van der Waals surface area contributed by atoms with Crippen LogP contribution in [-0.2, 0) is 4.74 Å². The average molecular weight is 417 g/mol. The van der Waals surface area contributed by atoms with Crippen molar-refractivity contribution in [1.29, 1.82) is 0 Å². The first-order valence-electron chi connectivity index (χ1n) is 9.75. The first-order chi connectivity index (χ1) is 14.4. The lowest BCUT2D eigenvalue weighted by atomic mass is 9.80. The molecule has 0 saturated heterocycles. The first kappa shape index (κ1) is 21.7. The van der Waals surface area contributed by atoms with Crippen LogP contribution in [-0.4, -0.2) is 42.9 Å². The number of anilines is 1. The van der Waals surface area contributed by atoms with Gasteiger partial charge in [-0.15, -0.1) is 0 Å². The Kier molecular flexibility index (Phi) is 7.02. The molecule has 0 radical (unpaired) electrons. The Morgan fingerprint density at radius 1 is 1.10 bits per heavy atom. The maximum Gasteiger partial charge on any atom is 0.412 e. The standard InChI is InChI=1S/C22H27NO7/c1-22(2,9-10-24)20(15-3-6-17(7-4-15)27-12-11-25)30-21(26)23-16-5-8-18-19(13-16)29-14-28-18/h3-8,13,20,24-25H,9-12,14H2,1-2H3,(H,23,26)/t20-/m0/s1. The summed E-state index contributed by atoms with van der Waals surface area (Å²) in [4.78, 5) is 12.6. The van der Waals surface area contributed by atoms with Crippen LogP contribution in [0.4, 0.5) is 10.5 Å². The highest BCUT2D eigenvalue weighted by Crippen LogP contribution is 2.40. The molecule has 0 fully saturated rings. The molecule has 30 heavy (non-hydrogen) atoms. The van der Waals surface area contributed by atoms with Gasteiger partial charge in [0.25, 0.3) is 0 Å². The predicted octanol–water partition coefficient (Wildman–Crippen LogP) is 3.48. The van der Waals surface area contributed by atoms with Gasteiger partial charge in [-0.25, -0.2) is 4.79 Å². The third-order valence-corrected chi connectivity index (χ3v) is 4.85. The number of fused-ring (bicyclic) bond motifs is 1. The van der Waals surface area contributed by atoms with E-state index in [0.717, 1.165) is 5.56 Å². The lowest BCUT2D eigenvalue weighted by Gasteiger charge is -2.33. The molecule has 1 aliphatic heterocycles. The van der Waals surface area contributed by atoms with Crippen molar-refractivity contribution in [2.75, 3.05) is 31.9 Å². The number of hydrogen-bond donors (Lipinski definition) is 3. The molecular weight excluding hydrogens is 390 g/mol. The third kappa shape index (κ3) is 5.34. The molecule has 2 aromatic carbocycles. The zero-order valence-corrected chi connectivity index (χ0v) is 17.1. The van der Waals surface area contributed by atoms with Crippen LogP contribution in [0, 0.1) is 5.41 Å². The van der Waals surface area contributed by atoms with Crippen molar-refractivity contribution in [3.05, 3.63) is 48.0 Å². The fraction of sp³-hybridized carbons (Fsp3) is 0.409. The van der Waals surface area contributed by atoms with Gasteiger partial charge in [0.1, 0.15) is 18.5 Å². The first-order valence-corrected chi connectivity index (χ1v) is 9.75. The summed E-state index contributed by atoms with van der Waals surface area (Å²) in [6.45, 7) is 4.10. The Hall–Kier alpha value is -2.97. The maximum absolute atomic E-state index is 12.6. The Labute approximate surface area is 175 Å². The molecule has 3 rings (SSSR count). The normalized spacial score (nSPS) is 13.6. The molecule has 1 amide bonds. The number of ether oxygens (including phenoxy) is 4. The summed E-state index contributed by atoms with van der Waals surface area (Å²) in [7, 11) is 0. The molecule has 3 N–H and O–H groups in total. The second kappa shape index (κ2) is 9.69. The molecule has 1 atom stereocenters. The van der Waals surface area contributed by atoms with Crippen LogP contribution in [0.25, 0.3) is 0 Å². The van der Waals surface area contributed by atoms with Gasteiger partial charge in [-0.05, 0) is 36.2 Å². The minimum Gasteiger partial charge on any atom is -0.491 e. The average Bonchev–Trinajstić information content (AvgIpc) is 3.19. The largest absolute Gasteiger partial charge is 0.491 e. The van der Waals surface area contributed by atoms with Crippen molar-refractivity contribution >= 4 is 11.8 Å². The van der Waals surface area contributed by atoms with Crippen LogP contribution in [0.15, 0.2) is 42.5 Å². The van der Waals surface area contributed by atoms with E-state index in [1.54, 1.807) is 30.3 Å². The van der Waals surface area contributed by atoms with E-state index in [1.165, 1.54) is 0 Å². The Morgan fingerprint density at radius 3 is 2.53 bits per heavy atom. The van der Waals surface area contributed by atoms with E-state index in [0.29, 0.717) is 29.4 Å². The number of rotatable bonds is 9.